The number of halogens is 3. The van der Waals surface area contributed by atoms with Crippen LogP contribution < -0.4 is 5.32 Å². The molecule has 14 heteroatoms. The second kappa shape index (κ2) is 14.0. The molecule has 0 bridgehead atoms. The third kappa shape index (κ3) is 7.62. The molecule has 6 rings (SSSR count). The molecule has 51 heavy (non-hydrogen) atoms. The van der Waals surface area contributed by atoms with E-state index in [2.05, 4.69) is 5.32 Å². The van der Waals surface area contributed by atoms with Crippen molar-refractivity contribution >= 4 is 58.3 Å². The average Bonchev–Trinajstić information content (AvgIpc) is 3.53. The van der Waals surface area contributed by atoms with Gasteiger partial charge in [0.2, 0.25) is 11.8 Å². The number of nitrogens with zero attached hydrogens (tertiary/aromatic N) is 2. The number of likely N-dealkylation sites (tertiary alicyclic amines) is 1. The van der Waals surface area contributed by atoms with Crippen LogP contribution in [0.2, 0.25) is 5.02 Å². The van der Waals surface area contributed by atoms with Crippen LogP contribution in [-0.2, 0) is 32.8 Å². The van der Waals surface area contributed by atoms with Gasteiger partial charge in [0.1, 0.15) is 12.1 Å². The molecule has 0 aliphatic carbocycles. The molecule has 3 aromatic carbocycles. The van der Waals surface area contributed by atoms with Crippen molar-refractivity contribution in [3.8, 4) is 0 Å². The smallest absolute Gasteiger partial charge is 0.340 e. The van der Waals surface area contributed by atoms with Gasteiger partial charge in [-0.1, -0.05) is 74.8 Å². The number of piperidine rings is 1. The van der Waals surface area contributed by atoms with Crippen LogP contribution in [-0.4, -0.2) is 62.5 Å². The Balaban J connectivity index is 1.27. The first-order chi connectivity index (χ1) is 23.9. The predicted octanol–water partition coefficient (Wildman–Crippen LogP) is 7.29. The first kappa shape index (κ1) is 37.1. The van der Waals surface area contributed by atoms with Crippen LogP contribution in [0.25, 0.3) is 10.1 Å². The van der Waals surface area contributed by atoms with Crippen molar-refractivity contribution < 1.29 is 37.5 Å². The van der Waals surface area contributed by atoms with Crippen LogP contribution in [0.3, 0.4) is 0 Å². The average molecular weight is 758 g/mol. The van der Waals surface area contributed by atoms with Crippen molar-refractivity contribution in [3.63, 3.8) is 0 Å². The number of fused-ring (bicyclic) bond motifs is 2. The summed E-state index contributed by atoms with van der Waals surface area (Å²) in [6, 6.07) is 18.0. The molecular formula is C37H39ClF2N3O6PS. The van der Waals surface area contributed by atoms with Crippen LogP contribution in [0.4, 0.5) is 8.78 Å². The van der Waals surface area contributed by atoms with E-state index in [9.17, 15) is 37.5 Å². The van der Waals surface area contributed by atoms with Crippen molar-refractivity contribution in [3.05, 3.63) is 105 Å². The van der Waals surface area contributed by atoms with Crippen molar-refractivity contribution in [2.24, 2.45) is 5.41 Å². The number of amides is 3. The van der Waals surface area contributed by atoms with Crippen molar-refractivity contribution in [1.29, 1.82) is 0 Å². The maximum atomic E-state index is 14.6. The lowest BCUT2D eigenvalue weighted by molar-refractivity contribution is -0.150. The minimum Gasteiger partial charge on any atom is -0.340 e. The first-order valence-electron chi connectivity index (χ1n) is 16.6. The SMILES string of the molecule is CC(C)(C)C(NC(=O)c1cc2cc(C(F)(F)P(=O)(O)O)ccc2s1)C(=O)N1Cc2ccccc2C[C@H]1C(=O)N1CCCC(c2ccc(Cl)cc2)C1. The summed E-state index contributed by atoms with van der Waals surface area (Å²) in [5.41, 5.74) is -3.07. The van der Waals surface area contributed by atoms with Crippen LogP contribution >= 0.6 is 30.5 Å². The molecule has 0 radical (unpaired) electrons. The normalized spacial score (nSPS) is 19.1. The molecule has 3 atom stereocenters. The number of thiophene rings is 1. The van der Waals surface area contributed by atoms with Gasteiger partial charge in [0, 0.05) is 47.3 Å². The molecule has 3 N–H and O–H groups in total. The van der Waals surface area contributed by atoms with E-state index >= 15 is 0 Å². The van der Waals surface area contributed by atoms with Gasteiger partial charge in [-0.15, -0.1) is 11.3 Å². The molecule has 270 valence electrons. The Morgan fingerprint density at radius 1 is 1.00 bits per heavy atom. The Morgan fingerprint density at radius 3 is 2.35 bits per heavy atom. The largest absolute Gasteiger partial charge is 0.399 e. The molecule has 2 aliphatic rings. The number of rotatable bonds is 7. The number of nitrogens with one attached hydrogen (secondary N) is 1. The molecule has 0 saturated carbocycles. The predicted molar refractivity (Wildman–Crippen MR) is 193 cm³/mol. The molecule has 3 amide bonds. The summed E-state index contributed by atoms with van der Waals surface area (Å²) < 4.78 is 40.7. The molecule has 9 nitrogen and oxygen atoms in total. The molecule has 1 fully saturated rings. The molecular weight excluding hydrogens is 719 g/mol. The van der Waals surface area contributed by atoms with Crippen molar-refractivity contribution in [2.45, 2.75) is 70.2 Å². The topological polar surface area (TPSA) is 127 Å². The molecule has 1 saturated heterocycles. The Hall–Kier alpha value is -3.67. The van der Waals surface area contributed by atoms with Gasteiger partial charge in [-0.05, 0) is 70.7 Å². The molecule has 2 unspecified atom stereocenters. The second-order valence-electron chi connectivity index (χ2n) is 14.4. The molecule has 3 heterocycles. The van der Waals surface area contributed by atoms with Gasteiger partial charge in [-0.25, -0.2) is 0 Å². The Bertz CT molecular complexity index is 2030. The van der Waals surface area contributed by atoms with E-state index in [4.69, 9.17) is 11.6 Å². The van der Waals surface area contributed by atoms with E-state index in [1.165, 1.54) is 12.1 Å². The number of hydrogen-bond acceptors (Lipinski definition) is 5. The van der Waals surface area contributed by atoms with E-state index in [1.807, 2.05) is 74.2 Å². The minimum atomic E-state index is -5.79. The maximum absolute atomic E-state index is 14.6. The third-order valence-electron chi connectivity index (χ3n) is 9.73. The highest BCUT2D eigenvalue weighted by atomic mass is 35.5. The Labute approximate surface area is 303 Å². The zero-order valence-electron chi connectivity index (χ0n) is 28.3. The van der Waals surface area contributed by atoms with Crippen LogP contribution in [0, 0.1) is 5.41 Å². The van der Waals surface area contributed by atoms with Crippen molar-refractivity contribution in [1.82, 2.24) is 15.1 Å². The lowest BCUT2D eigenvalue weighted by Crippen LogP contribution is -2.61. The Morgan fingerprint density at radius 2 is 1.69 bits per heavy atom. The molecule has 4 aromatic rings. The standard InChI is InChI=1S/C37H39ClF2N3O6PS/c1-36(2,3)32(41-33(44)31-19-26-17-27(12-15-30(26)51-31)37(39,40)50(47,48)49)35(46)43-21-25-8-5-4-7-23(25)18-29(43)34(45)42-16-6-9-24(20-42)22-10-13-28(38)14-11-22/h4-5,7-8,10-15,17,19,24,29,32H,6,9,16,18,20-21H2,1-3H3,(H,41,44)(H2,47,48,49)/t24?,29-,32?/m0/s1. The minimum absolute atomic E-state index is 0.127. The summed E-state index contributed by atoms with van der Waals surface area (Å²) in [4.78, 5) is 64.7. The van der Waals surface area contributed by atoms with E-state index in [1.54, 1.807) is 4.90 Å². The molecule has 1 aromatic heterocycles. The van der Waals surface area contributed by atoms with Gasteiger partial charge in [0.15, 0.2) is 0 Å². The van der Waals surface area contributed by atoms with Gasteiger partial charge in [-0.3, -0.25) is 18.9 Å². The third-order valence-corrected chi connectivity index (χ3v) is 12.1. The van der Waals surface area contributed by atoms with Gasteiger partial charge in [-0.2, -0.15) is 8.78 Å². The summed E-state index contributed by atoms with van der Waals surface area (Å²) >= 11 is 7.12. The van der Waals surface area contributed by atoms with Gasteiger partial charge in [0.05, 0.1) is 4.88 Å². The van der Waals surface area contributed by atoms with E-state index in [0.29, 0.717) is 29.2 Å². The lowest BCUT2D eigenvalue weighted by Gasteiger charge is -2.43. The monoisotopic (exact) mass is 757 g/mol. The summed E-state index contributed by atoms with van der Waals surface area (Å²) in [5.74, 6) is -1.06. The maximum Gasteiger partial charge on any atom is 0.399 e. The quantitative estimate of drug-likeness (QED) is 0.170. The van der Waals surface area contributed by atoms with Gasteiger partial charge in [0.25, 0.3) is 5.91 Å². The van der Waals surface area contributed by atoms with Gasteiger partial charge >= 0.3 is 13.3 Å². The van der Waals surface area contributed by atoms with Crippen LogP contribution in [0.15, 0.2) is 72.8 Å². The second-order valence-corrected chi connectivity index (χ2v) is 17.5. The number of carbonyl (C=O) groups excluding carboxylic acids is 3. The highest BCUT2D eigenvalue weighted by Crippen LogP contribution is 2.59. The van der Waals surface area contributed by atoms with Gasteiger partial charge < -0.3 is 24.9 Å². The number of benzene rings is 3. The molecule has 0 spiro atoms. The zero-order chi connectivity index (χ0) is 36.9. The van der Waals surface area contributed by atoms with Crippen LogP contribution in [0.1, 0.15) is 71.5 Å². The molecule has 2 aliphatic heterocycles. The zero-order valence-corrected chi connectivity index (χ0v) is 30.8. The number of hydrogen-bond donors (Lipinski definition) is 3. The highest BCUT2D eigenvalue weighted by Gasteiger charge is 2.50. The summed E-state index contributed by atoms with van der Waals surface area (Å²) in [6.45, 7) is 6.69. The van der Waals surface area contributed by atoms with E-state index in [-0.39, 0.29) is 28.6 Å². The van der Waals surface area contributed by atoms with Crippen molar-refractivity contribution in [2.75, 3.05) is 13.1 Å². The fraction of sp³-hybridized carbons (Fsp3) is 0.378. The van der Waals surface area contributed by atoms with Crippen LogP contribution in [0.5, 0.6) is 0 Å². The fourth-order valence-electron chi connectivity index (χ4n) is 6.90. The highest BCUT2D eigenvalue weighted by molar-refractivity contribution is 7.52. The summed E-state index contributed by atoms with van der Waals surface area (Å²) in [7, 11) is -5.79. The first-order valence-corrected chi connectivity index (χ1v) is 19.4. The summed E-state index contributed by atoms with van der Waals surface area (Å²) in [5, 5.41) is 3.71. The Kier molecular flexibility index (Phi) is 10.2. The van der Waals surface area contributed by atoms with E-state index < -0.39 is 48.1 Å². The lowest BCUT2D eigenvalue weighted by atomic mass is 9.84. The van der Waals surface area contributed by atoms with E-state index in [0.717, 1.165) is 53.0 Å². The number of alkyl halides is 2. The fourth-order valence-corrected chi connectivity index (χ4v) is 8.45. The summed E-state index contributed by atoms with van der Waals surface area (Å²) in [6.07, 6.45) is 2.06. The number of carbonyl (C=O) groups is 3.